The van der Waals surface area contributed by atoms with Crippen molar-refractivity contribution in [1.29, 1.82) is 0 Å². The van der Waals surface area contributed by atoms with E-state index in [-0.39, 0.29) is 30.7 Å². The Hall–Kier alpha value is -0.970. The highest BCUT2D eigenvalue weighted by Gasteiger charge is 2.27. The zero-order valence-corrected chi connectivity index (χ0v) is 15.1. The number of rotatable bonds is 2. The highest BCUT2D eigenvalue weighted by atomic mass is 35.5. The van der Waals surface area contributed by atoms with Crippen LogP contribution in [0.2, 0.25) is 0 Å². The molecular weight excluding hydrogens is 333 g/mol. The molecule has 1 unspecified atom stereocenters. The first-order chi connectivity index (χ1) is 10.3. The number of piperidine rings is 1. The summed E-state index contributed by atoms with van der Waals surface area (Å²) in [5, 5.41) is 3.35. The number of amides is 1. The molecule has 23 heavy (non-hydrogen) atoms. The zero-order chi connectivity index (χ0) is 14.5. The first kappa shape index (κ1) is 20.1. The Kier molecular flexibility index (Phi) is 8.74. The van der Waals surface area contributed by atoms with Crippen molar-refractivity contribution < 1.29 is 4.79 Å². The number of hydrogen-bond acceptors (Lipinski definition) is 3. The second-order valence-electron chi connectivity index (χ2n) is 6.04. The fourth-order valence-corrected chi connectivity index (χ4v) is 3.36. The second kappa shape index (κ2) is 10.0. The maximum absolute atomic E-state index is 12.6. The number of halogens is 2. The molecule has 0 aliphatic carbocycles. The molecule has 2 aliphatic heterocycles. The van der Waals surface area contributed by atoms with E-state index in [2.05, 4.69) is 39.4 Å². The number of nitrogens with one attached hydrogen (secondary N) is 1. The number of nitrogens with zero attached hydrogens (tertiary/aromatic N) is 2. The minimum Gasteiger partial charge on any atom is -0.370 e. The van der Waals surface area contributed by atoms with E-state index in [4.69, 9.17) is 0 Å². The molecule has 1 amide bonds. The van der Waals surface area contributed by atoms with Crippen molar-refractivity contribution in [3.63, 3.8) is 0 Å². The minimum atomic E-state index is 0. The highest BCUT2D eigenvalue weighted by molar-refractivity contribution is 5.85. The van der Waals surface area contributed by atoms with Crippen LogP contribution in [-0.2, 0) is 4.79 Å². The Labute approximate surface area is 151 Å². The molecule has 1 aromatic carbocycles. The van der Waals surface area contributed by atoms with Crippen LogP contribution in [0.1, 0.15) is 19.3 Å². The predicted octanol–water partition coefficient (Wildman–Crippen LogP) is 2.57. The molecule has 2 aliphatic rings. The maximum atomic E-state index is 12.6. The summed E-state index contributed by atoms with van der Waals surface area (Å²) < 4.78 is 0. The largest absolute Gasteiger partial charge is 0.370 e. The molecule has 1 N–H and O–H groups in total. The molecular formula is C17H27Cl2N3O. The summed E-state index contributed by atoms with van der Waals surface area (Å²) in [5.41, 5.74) is 1.27. The smallest absolute Gasteiger partial charge is 0.227 e. The number of para-hydroxylation sites is 1. The number of carbonyl (C=O) groups excluding carboxylic acids is 1. The number of benzene rings is 1. The number of anilines is 1. The molecule has 0 bridgehead atoms. The predicted molar refractivity (Wildman–Crippen MR) is 99.9 cm³/mol. The lowest BCUT2D eigenvalue weighted by Crippen LogP contribution is -2.44. The van der Waals surface area contributed by atoms with Gasteiger partial charge in [0.15, 0.2) is 0 Å². The summed E-state index contributed by atoms with van der Waals surface area (Å²) in [6.07, 6.45) is 3.23. The molecule has 0 spiro atoms. The van der Waals surface area contributed by atoms with E-state index in [1.54, 1.807) is 0 Å². The Morgan fingerprint density at radius 1 is 1.00 bits per heavy atom. The van der Waals surface area contributed by atoms with E-state index >= 15 is 0 Å². The fraction of sp³-hybridized carbons (Fsp3) is 0.588. The second-order valence-corrected chi connectivity index (χ2v) is 6.04. The number of hydrogen-bond donors (Lipinski definition) is 1. The Bertz CT molecular complexity index is 466. The maximum Gasteiger partial charge on any atom is 0.227 e. The van der Waals surface area contributed by atoms with Crippen molar-refractivity contribution in [2.24, 2.45) is 5.92 Å². The third-order valence-corrected chi connectivity index (χ3v) is 4.58. The van der Waals surface area contributed by atoms with Gasteiger partial charge in [0, 0.05) is 38.4 Å². The molecule has 2 fully saturated rings. The first-order valence-electron chi connectivity index (χ1n) is 8.14. The quantitative estimate of drug-likeness (QED) is 0.881. The summed E-state index contributed by atoms with van der Waals surface area (Å²) in [6, 6.07) is 10.5. The zero-order valence-electron chi connectivity index (χ0n) is 13.4. The van der Waals surface area contributed by atoms with E-state index in [0.29, 0.717) is 5.91 Å². The number of carbonyl (C=O) groups is 1. The molecule has 3 rings (SSSR count). The molecule has 1 atom stereocenters. The van der Waals surface area contributed by atoms with E-state index < -0.39 is 0 Å². The van der Waals surface area contributed by atoms with Crippen LogP contribution in [0.25, 0.3) is 0 Å². The van der Waals surface area contributed by atoms with Gasteiger partial charge in [-0.2, -0.15) is 0 Å². The Morgan fingerprint density at radius 2 is 1.78 bits per heavy atom. The van der Waals surface area contributed by atoms with Crippen molar-refractivity contribution in [2.45, 2.75) is 19.3 Å². The topological polar surface area (TPSA) is 35.6 Å². The summed E-state index contributed by atoms with van der Waals surface area (Å²) in [4.78, 5) is 17.1. The van der Waals surface area contributed by atoms with Crippen molar-refractivity contribution in [1.82, 2.24) is 10.2 Å². The first-order valence-corrected chi connectivity index (χ1v) is 8.14. The Morgan fingerprint density at radius 3 is 2.48 bits per heavy atom. The summed E-state index contributed by atoms with van der Waals surface area (Å²) in [5.74, 6) is 0.555. The van der Waals surface area contributed by atoms with Gasteiger partial charge in [-0.05, 0) is 37.9 Å². The molecule has 0 radical (unpaired) electrons. The average Bonchev–Trinajstić information content (AvgIpc) is 2.82. The molecule has 2 saturated heterocycles. The minimum absolute atomic E-state index is 0. The summed E-state index contributed by atoms with van der Waals surface area (Å²) in [6.45, 7) is 5.65. The van der Waals surface area contributed by atoms with Crippen LogP contribution in [0.4, 0.5) is 5.69 Å². The van der Waals surface area contributed by atoms with Crippen LogP contribution >= 0.6 is 24.8 Å². The lowest BCUT2D eigenvalue weighted by atomic mass is 9.98. The van der Waals surface area contributed by atoms with Crippen molar-refractivity contribution >= 4 is 36.4 Å². The van der Waals surface area contributed by atoms with Gasteiger partial charge in [0.05, 0.1) is 5.92 Å². The van der Waals surface area contributed by atoms with Gasteiger partial charge in [-0.15, -0.1) is 24.8 Å². The van der Waals surface area contributed by atoms with Crippen LogP contribution in [0.3, 0.4) is 0 Å². The normalized spacial score (nSPS) is 21.7. The van der Waals surface area contributed by atoms with Crippen LogP contribution in [-0.4, -0.2) is 50.1 Å². The van der Waals surface area contributed by atoms with Crippen molar-refractivity contribution in [2.75, 3.05) is 44.2 Å². The third-order valence-electron chi connectivity index (χ3n) is 4.58. The molecule has 4 nitrogen and oxygen atoms in total. The molecule has 130 valence electrons. The Balaban J connectivity index is 0.00000132. The summed E-state index contributed by atoms with van der Waals surface area (Å²) in [7, 11) is 0. The molecule has 6 heteroatoms. The third kappa shape index (κ3) is 5.27. The highest BCUT2D eigenvalue weighted by Crippen LogP contribution is 2.18. The van der Waals surface area contributed by atoms with Gasteiger partial charge in [-0.3, -0.25) is 4.79 Å². The van der Waals surface area contributed by atoms with E-state index in [1.807, 2.05) is 6.07 Å². The van der Waals surface area contributed by atoms with Crippen LogP contribution in [0.5, 0.6) is 0 Å². The van der Waals surface area contributed by atoms with Gasteiger partial charge in [0.2, 0.25) is 5.91 Å². The molecule has 0 aromatic heterocycles. The molecule has 1 aromatic rings. The standard InChI is InChI=1S/C17H25N3O.2ClH/c21-17(15-6-4-9-18-14-15)20-11-5-10-19(12-13-20)16-7-2-1-3-8-16;;/h1-3,7-8,15,18H,4-6,9-14H2;2*1H. The molecule has 2 heterocycles. The van der Waals surface area contributed by atoms with Gasteiger partial charge in [0.1, 0.15) is 0 Å². The summed E-state index contributed by atoms with van der Waals surface area (Å²) >= 11 is 0. The van der Waals surface area contributed by atoms with Gasteiger partial charge in [-0.1, -0.05) is 18.2 Å². The fourth-order valence-electron chi connectivity index (χ4n) is 3.36. The lowest BCUT2D eigenvalue weighted by Gasteiger charge is -2.29. The van der Waals surface area contributed by atoms with E-state index in [1.165, 1.54) is 5.69 Å². The van der Waals surface area contributed by atoms with Crippen molar-refractivity contribution in [3.8, 4) is 0 Å². The van der Waals surface area contributed by atoms with Crippen LogP contribution < -0.4 is 10.2 Å². The van der Waals surface area contributed by atoms with Gasteiger partial charge >= 0.3 is 0 Å². The van der Waals surface area contributed by atoms with Crippen molar-refractivity contribution in [3.05, 3.63) is 30.3 Å². The van der Waals surface area contributed by atoms with Gasteiger partial charge in [-0.25, -0.2) is 0 Å². The van der Waals surface area contributed by atoms with E-state index in [0.717, 1.165) is 58.5 Å². The SMILES string of the molecule is Cl.Cl.O=C(C1CCCNC1)N1CCCN(c2ccccc2)CC1. The lowest BCUT2D eigenvalue weighted by molar-refractivity contribution is -0.135. The van der Waals surface area contributed by atoms with Crippen LogP contribution in [0.15, 0.2) is 30.3 Å². The monoisotopic (exact) mass is 359 g/mol. The van der Waals surface area contributed by atoms with E-state index in [9.17, 15) is 4.79 Å². The van der Waals surface area contributed by atoms with Gasteiger partial charge in [0.25, 0.3) is 0 Å². The van der Waals surface area contributed by atoms with Crippen LogP contribution in [0, 0.1) is 5.92 Å². The van der Waals surface area contributed by atoms with Gasteiger partial charge < -0.3 is 15.1 Å². The average molecular weight is 360 g/mol. The molecule has 0 saturated carbocycles.